The molecule has 1 heterocycles. The third-order valence-electron chi connectivity index (χ3n) is 4.28. The van der Waals surface area contributed by atoms with E-state index < -0.39 is 6.04 Å². The lowest BCUT2D eigenvalue weighted by atomic mass is 10.00. The molecule has 23 heavy (non-hydrogen) atoms. The maximum absolute atomic E-state index is 12.5. The quantitative estimate of drug-likeness (QED) is 0.944. The Kier molecular flexibility index (Phi) is 4.42. The summed E-state index contributed by atoms with van der Waals surface area (Å²) in [6, 6.07) is 18.7. The number of nitrogens with one attached hydrogen (secondary N) is 1. The highest BCUT2D eigenvalue weighted by Crippen LogP contribution is 2.22. The van der Waals surface area contributed by atoms with Crippen LogP contribution < -0.4 is 10.2 Å². The first-order valence-corrected chi connectivity index (χ1v) is 7.88. The Bertz CT molecular complexity index is 685. The van der Waals surface area contributed by atoms with E-state index in [4.69, 9.17) is 0 Å². The van der Waals surface area contributed by atoms with E-state index in [9.17, 15) is 9.59 Å². The lowest BCUT2D eigenvalue weighted by molar-refractivity contribution is -0.127. The highest BCUT2D eigenvalue weighted by Gasteiger charge is 2.34. The second-order valence-corrected chi connectivity index (χ2v) is 5.81. The van der Waals surface area contributed by atoms with E-state index in [1.54, 1.807) is 4.90 Å². The molecule has 2 atom stereocenters. The maximum atomic E-state index is 12.5. The summed E-state index contributed by atoms with van der Waals surface area (Å²) in [7, 11) is 0. The van der Waals surface area contributed by atoms with Gasteiger partial charge < -0.3 is 10.2 Å². The molecule has 1 N–H and O–H groups in total. The summed E-state index contributed by atoms with van der Waals surface area (Å²) in [4.78, 5) is 26.7. The van der Waals surface area contributed by atoms with E-state index in [1.165, 1.54) is 0 Å². The van der Waals surface area contributed by atoms with Crippen molar-refractivity contribution in [2.45, 2.75) is 25.3 Å². The highest BCUT2D eigenvalue weighted by molar-refractivity contribution is 6.01. The zero-order valence-electron chi connectivity index (χ0n) is 13.1. The van der Waals surface area contributed by atoms with Crippen molar-refractivity contribution in [1.82, 2.24) is 5.32 Å². The van der Waals surface area contributed by atoms with Crippen LogP contribution in [-0.4, -0.2) is 24.4 Å². The number of benzene rings is 2. The Morgan fingerprint density at radius 3 is 2.35 bits per heavy atom. The molecule has 2 aromatic carbocycles. The van der Waals surface area contributed by atoms with Crippen molar-refractivity contribution in [1.29, 1.82) is 0 Å². The number of anilines is 1. The van der Waals surface area contributed by atoms with E-state index >= 15 is 0 Å². The zero-order valence-corrected chi connectivity index (χ0v) is 13.1. The van der Waals surface area contributed by atoms with E-state index in [0.717, 1.165) is 11.3 Å². The molecule has 2 unspecified atom stereocenters. The molecule has 1 saturated heterocycles. The molecule has 4 nitrogen and oxygen atoms in total. The van der Waals surface area contributed by atoms with Crippen molar-refractivity contribution >= 4 is 17.5 Å². The van der Waals surface area contributed by atoms with Crippen LogP contribution in [0.15, 0.2) is 60.7 Å². The van der Waals surface area contributed by atoms with Crippen LogP contribution in [0.1, 0.15) is 24.8 Å². The summed E-state index contributed by atoms with van der Waals surface area (Å²) in [5.41, 5.74) is 1.83. The van der Waals surface area contributed by atoms with Crippen LogP contribution in [0.25, 0.3) is 0 Å². The van der Waals surface area contributed by atoms with Crippen molar-refractivity contribution in [3.63, 3.8) is 0 Å². The number of carbonyl (C=O) groups is 2. The maximum Gasteiger partial charge on any atom is 0.249 e. The molecular weight excluding hydrogens is 288 g/mol. The van der Waals surface area contributed by atoms with Gasteiger partial charge in [0.1, 0.15) is 6.04 Å². The van der Waals surface area contributed by atoms with E-state index in [-0.39, 0.29) is 17.7 Å². The zero-order chi connectivity index (χ0) is 16.2. The molecular formula is C19H20N2O2. The van der Waals surface area contributed by atoms with Gasteiger partial charge in [0, 0.05) is 12.2 Å². The van der Waals surface area contributed by atoms with Gasteiger partial charge in [-0.2, -0.15) is 0 Å². The topological polar surface area (TPSA) is 49.4 Å². The van der Waals surface area contributed by atoms with Gasteiger partial charge in [-0.15, -0.1) is 0 Å². The predicted molar refractivity (Wildman–Crippen MR) is 90.2 cm³/mol. The molecule has 1 aliphatic heterocycles. The number of nitrogens with zero attached hydrogens (tertiary/aromatic N) is 1. The smallest absolute Gasteiger partial charge is 0.249 e. The predicted octanol–water partition coefficient (Wildman–Crippen LogP) is 2.71. The lowest BCUT2D eigenvalue weighted by Gasteiger charge is -2.18. The first-order chi connectivity index (χ1) is 11.2. The SMILES string of the molecule is CC(C(=O)NC1CCN(c2ccccc2)C1=O)c1ccccc1. The van der Waals surface area contributed by atoms with Crippen molar-refractivity contribution in [2.75, 3.05) is 11.4 Å². The summed E-state index contributed by atoms with van der Waals surface area (Å²) < 4.78 is 0. The molecule has 118 valence electrons. The second-order valence-electron chi connectivity index (χ2n) is 5.81. The van der Waals surface area contributed by atoms with Crippen LogP contribution in [-0.2, 0) is 9.59 Å². The minimum Gasteiger partial charge on any atom is -0.344 e. The number of para-hydroxylation sites is 1. The Morgan fingerprint density at radius 2 is 1.70 bits per heavy atom. The third-order valence-corrected chi connectivity index (χ3v) is 4.28. The van der Waals surface area contributed by atoms with Gasteiger partial charge in [-0.25, -0.2) is 0 Å². The Morgan fingerprint density at radius 1 is 1.09 bits per heavy atom. The molecule has 0 spiro atoms. The van der Waals surface area contributed by atoms with Crippen molar-refractivity contribution in [2.24, 2.45) is 0 Å². The second kappa shape index (κ2) is 6.65. The monoisotopic (exact) mass is 308 g/mol. The van der Waals surface area contributed by atoms with Crippen LogP contribution >= 0.6 is 0 Å². The number of rotatable bonds is 4. The van der Waals surface area contributed by atoms with Crippen molar-refractivity contribution in [3.05, 3.63) is 66.2 Å². The van der Waals surface area contributed by atoms with E-state index in [2.05, 4.69) is 5.32 Å². The Hall–Kier alpha value is -2.62. The number of amides is 2. The fraction of sp³-hybridized carbons (Fsp3) is 0.263. The molecule has 1 fully saturated rings. The van der Waals surface area contributed by atoms with Gasteiger partial charge in [0.2, 0.25) is 11.8 Å². The number of hydrogen-bond acceptors (Lipinski definition) is 2. The minimum atomic E-state index is -0.436. The van der Waals surface area contributed by atoms with E-state index in [1.807, 2.05) is 67.6 Å². The van der Waals surface area contributed by atoms with Gasteiger partial charge in [0.05, 0.1) is 5.92 Å². The van der Waals surface area contributed by atoms with Crippen molar-refractivity contribution < 1.29 is 9.59 Å². The van der Waals surface area contributed by atoms with Crippen LogP contribution in [0.5, 0.6) is 0 Å². The standard InChI is InChI=1S/C19H20N2O2/c1-14(15-8-4-2-5-9-15)18(22)20-17-12-13-21(19(17)23)16-10-6-3-7-11-16/h2-11,14,17H,12-13H2,1H3,(H,20,22). The van der Waals surface area contributed by atoms with Gasteiger partial charge in [-0.05, 0) is 31.0 Å². The van der Waals surface area contributed by atoms with Gasteiger partial charge in [-0.1, -0.05) is 48.5 Å². The summed E-state index contributed by atoms with van der Waals surface area (Å²) in [5.74, 6) is -0.413. The molecule has 0 bridgehead atoms. The van der Waals surface area contributed by atoms with Gasteiger partial charge >= 0.3 is 0 Å². The average Bonchev–Trinajstić information content (AvgIpc) is 2.96. The summed E-state index contributed by atoms with van der Waals surface area (Å²) in [6.07, 6.45) is 0.640. The molecule has 2 amide bonds. The Balaban J connectivity index is 1.65. The molecule has 0 aromatic heterocycles. The summed E-state index contributed by atoms with van der Waals surface area (Å²) in [5, 5.41) is 2.90. The van der Waals surface area contributed by atoms with Crippen LogP contribution in [0.3, 0.4) is 0 Å². The lowest BCUT2D eigenvalue weighted by Crippen LogP contribution is -2.43. The highest BCUT2D eigenvalue weighted by atomic mass is 16.2. The largest absolute Gasteiger partial charge is 0.344 e. The average molecular weight is 308 g/mol. The van der Waals surface area contributed by atoms with Crippen LogP contribution in [0.4, 0.5) is 5.69 Å². The molecule has 2 aromatic rings. The first-order valence-electron chi connectivity index (χ1n) is 7.88. The van der Waals surface area contributed by atoms with Gasteiger partial charge in [0.25, 0.3) is 0 Å². The fourth-order valence-corrected chi connectivity index (χ4v) is 2.87. The third kappa shape index (κ3) is 3.26. The van der Waals surface area contributed by atoms with Gasteiger partial charge in [-0.3, -0.25) is 9.59 Å². The summed E-state index contributed by atoms with van der Waals surface area (Å²) >= 11 is 0. The summed E-state index contributed by atoms with van der Waals surface area (Å²) in [6.45, 7) is 2.49. The minimum absolute atomic E-state index is 0.0372. The molecule has 4 heteroatoms. The fourth-order valence-electron chi connectivity index (χ4n) is 2.87. The Labute approximate surface area is 136 Å². The molecule has 1 aliphatic rings. The molecule has 0 aliphatic carbocycles. The van der Waals surface area contributed by atoms with Crippen LogP contribution in [0.2, 0.25) is 0 Å². The van der Waals surface area contributed by atoms with Gasteiger partial charge in [0.15, 0.2) is 0 Å². The van der Waals surface area contributed by atoms with Crippen molar-refractivity contribution in [3.8, 4) is 0 Å². The molecule has 0 saturated carbocycles. The number of hydrogen-bond donors (Lipinski definition) is 1. The van der Waals surface area contributed by atoms with Crippen LogP contribution in [0, 0.1) is 0 Å². The normalized spacial score (nSPS) is 18.7. The number of carbonyl (C=O) groups excluding carboxylic acids is 2. The first kappa shape index (κ1) is 15.3. The molecule has 3 rings (SSSR count). The molecule has 0 radical (unpaired) electrons. The van der Waals surface area contributed by atoms with E-state index in [0.29, 0.717) is 13.0 Å².